The third-order valence-electron chi connectivity index (χ3n) is 4.00. The number of aromatic nitrogens is 1. The predicted octanol–water partition coefficient (Wildman–Crippen LogP) is 2.81. The fourth-order valence-electron chi connectivity index (χ4n) is 2.77. The summed E-state index contributed by atoms with van der Waals surface area (Å²) in [5, 5.41) is 0. The monoisotopic (exact) mass is 415 g/mol. The van der Waals surface area contributed by atoms with E-state index in [0.717, 1.165) is 17.0 Å². The zero-order valence-electron chi connectivity index (χ0n) is 15.4. The highest BCUT2D eigenvalue weighted by molar-refractivity contribution is 7.09. The van der Waals surface area contributed by atoms with Gasteiger partial charge in [0.1, 0.15) is 0 Å². The van der Waals surface area contributed by atoms with Crippen molar-refractivity contribution in [3.8, 4) is 5.69 Å². The number of carbonyl (C=O) groups excluding carboxylic acids is 1. The van der Waals surface area contributed by atoms with Crippen LogP contribution in [0.4, 0.5) is 13.2 Å². The van der Waals surface area contributed by atoms with Crippen molar-refractivity contribution in [3.63, 3.8) is 0 Å². The number of hydrogen-bond donors (Lipinski definition) is 0. The van der Waals surface area contributed by atoms with E-state index in [-0.39, 0.29) is 12.2 Å². The van der Waals surface area contributed by atoms with Crippen molar-refractivity contribution in [1.29, 1.82) is 0 Å². The Hall–Kier alpha value is -2.01. The number of hydrogen-bond acceptors (Lipinski definition) is 5. The molecule has 1 saturated heterocycles. The molecule has 1 fully saturated rings. The maximum Gasteiger partial charge on any atom is 0.416 e. The lowest BCUT2D eigenvalue weighted by Gasteiger charge is -2.18. The van der Waals surface area contributed by atoms with Gasteiger partial charge in [0.15, 0.2) is 11.1 Å². The highest BCUT2D eigenvalue weighted by Crippen LogP contribution is 2.29. The summed E-state index contributed by atoms with van der Waals surface area (Å²) in [5.41, 5.74) is -0.228. The Kier molecular flexibility index (Phi) is 6.33. The highest BCUT2D eigenvalue weighted by Gasteiger charge is 2.30. The second kappa shape index (κ2) is 8.56. The van der Waals surface area contributed by atoms with Gasteiger partial charge in [0.05, 0.1) is 18.8 Å². The Balaban J connectivity index is 1.84. The largest absolute Gasteiger partial charge is 0.416 e. The number of thiazole rings is 1. The maximum atomic E-state index is 12.8. The lowest BCUT2D eigenvalue weighted by molar-refractivity contribution is -0.137. The van der Waals surface area contributed by atoms with Crippen LogP contribution in [0.15, 0.2) is 35.5 Å². The molecule has 1 aliphatic heterocycles. The molecule has 0 atom stereocenters. The fraction of sp³-hybridized carbons (Fsp3) is 0.444. The summed E-state index contributed by atoms with van der Waals surface area (Å²) in [7, 11) is 1.91. The van der Waals surface area contributed by atoms with Gasteiger partial charge in [0.2, 0.25) is 5.91 Å². The van der Waals surface area contributed by atoms with E-state index in [1.165, 1.54) is 30.4 Å². The molecular weight excluding hydrogens is 395 g/mol. The maximum absolute atomic E-state index is 12.8. The molecule has 0 unspecified atom stereocenters. The molecule has 3 rings (SSSR count). The number of amides is 1. The zero-order chi connectivity index (χ0) is 20.3. The molecule has 0 aliphatic carbocycles. The van der Waals surface area contributed by atoms with Crippen LogP contribution in [0.5, 0.6) is 0 Å². The van der Waals surface area contributed by atoms with E-state index in [1.54, 1.807) is 10.8 Å². The third kappa shape index (κ3) is 5.28. The number of ether oxygens (including phenoxy) is 2. The molecule has 152 valence electrons. The summed E-state index contributed by atoms with van der Waals surface area (Å²) < 4.78 is 50.9. The molecule has 2 aromatic rings. The first-order valence-electron chi connectivity index (χ1n) is 8.58. The average Bonchev–Trinajstić information content (AvgIpc) is 3.23. The minimum absolute atomic E-state index is 0.270. The SMILES string of the molecule is CC(=O)/N=c1\sc(CN(C)CC2OCCO2)cn1-c1ccc(C(F)(F)F)cc1. The average molecular weight is 415 g/mol. The van der Waals surface area contributed by atoms with Gasteiger partial charge in [-0.05, 0) is 31.3 Å². The second-order valence-corrected chi connectivity index (χ2v) is 7.49. The summed E-state index contributed by atoms with van der Waals surface area (Å²) in [4.78, 5) is 18.8. The molecule has 1 aliphatic rings. The molecule has 10 heteroatoms. The van der Waals surface area contributed by atoms with Crippen LogP contribution < -0.4 is 4.80 Å². The van der Waals surface area contributed by atoms with Gasteiger partial charge in [-0.25, -0.2) is 0 Å². The van der Waals surface area contributed by atoms with Crippen LogP contribution in [-0.4, -0.2) is 48.5 Å². The molecule has 0 bridgehead atoms. The van der Waals surface area contributed by atoms with E-state index in [4.69, 9.17) is 9.47 Å². The highest BCUT2D eigenvalue weighted by atomic mass is 32.1. The molecular formula is C18H20F3N3O3S. The number of rotatable bonds is 5. The Morgan fingerprint density at radius 1 is 1.29 bits per heavy atom. The smallest absolute Gasteiger partial charge is 0.349 e. The van der Waals surface area contributed by atoms with Crippen molar-refractivity contribution >= 4 is 17.2 Å². The number of benzene rings is 1. The van der Waals surface area contributed by atoms with E-state index in [1.807, 2.05) is 11.9 Å². The Morgan fingerprint density at radius 2 is 1.93 bits per heavy atom. The fourth-order valence-corrected chi connectivity index (χ4v) is 3.88. The number of likely N-dealkylation sites (N-methyl/N-ethyl adjacent to an activating group) is 1. The van der Waals surface area contributed by atoms with Crippen LogP contribution >= 0.6 is 11.3 Å². The Bertz CT molecular complexity index is 884. The lowest BCUT2D eigenvalue weighted by Crippen LogP contribution is -2.29. The Labute approximate surface area is 163 Å². The van der Waals surface area contributed by atoms with Crippen LogP contribution in [-0.2, 0) is 27.0 Å². The first-order chi connectivity index (χ1) is 13.2. The number of carbonyl (C=O) groups is 1. The summed E-state index contributed by atoms with van der Waals surface area (Å²) in [6.45, 7) is 3.62. The molecule has 1 amide bonds. The zero-order valence-corrected chi connectivity index (χ0v) is 16.2. The molecule has 0 saturated carbocycles. The van der Waals surface area contributed by atoms with Crippen LogP contribution in [0.3, 0.4) is 0 Å². The molecule has 6 nitrogen and oxygen atoms in total. The van der Waals surface area contributed by atoms with Crippen molar-refractivity contribution in [2.45, 2.75) is 25.9 Å². The number of nitrogens with zero attached hydrogens (tertiary/aromatic N) is 3. The quantitative estimate of drug-likeness (QED) is 0.754. The van der Waals surface area contributed by atoms with Crippen LogP contribution in [0.2, 0.25) is 0 Å². The number of alkyl halides is 3. The van der Waals surface area contributed by atoms with Gasteiger partial charge < -0.3 is 9.47 Å². The summed E-state index contributed by atoms with van der Waals surface area (Å²) in [5.74, 6) is -0.379. The molecule has 0 radical (unpaired) electrons. The van der Waals surface area contributed by atoms with Gasteiger partial charge in [0.25, 0.3) is 0 Å². The number of halogens is 3. The van der Waals surface area contributed by atoms with Crippen molar-refractivity contribution < 1.29 is 27.4 Å². The van der Waals surface area contributed by atoms with Crippen molar-refractivity contribution in [1.82, 2.24) is 9.47 Å². The molecule has 28 heavy (non-hydrogen) atoms. The van der Waals surface area contributed by atoms with Crippen LogP contribution in [0, 0.1) is 0 Å². The van der Waals surface area contributed by atoms with Crippen LogP contribution in [0.1, 0.15) is 17.4 Å². The first kappa shape index (κ1) is 20.7. The van der Waals surface area contributed by atoms with E-state index in [9.17, 15) is 18.0 Å². The molecule has 2 heterocycles. The summed E-state index contributed by atoms with van der Waals surface area (Å²) in [6.07, 6.45) is -2.89. The molecule has 0 N–H and O–H groups in total. The first-order valence-corrected chi connectivity index (χ1v) is 9.40. The topological polar surface area (TPSA) is 56.1 Å². The van der Waals surface area contributed by atoms with Gasteiger partial charge in [0, 0.05) is 36.8 Å². The third-order valence-corrected chi connectivity index (χ3v) is 4.97. The van der Waals surface area contributed by atoms with Gasteiger partial charge >= 0.3 is 6.18 Å². The van der Waals surface area contributed by atoms with E-state index in [2.05, 4.69) is 4.99 Å². The predicted molar refractivity (Wildman–Crippen MR) is 96.9 cm³/mol. The normalized spacial score (nSPS) is 16.3. The van der Waals surface area contributed by atoms with Gasteiger partial charge in [-0.15, -0.1) is 0 Å². The van der Waals surface area contributed by atoms with Gasteiger partial charge in [-0.3, -0.25) is 14.3 Å². The van der Waals surface area contributed by atoms with Crippen molar-refractivity contribution in [2.24, 2.45) is 4.99 Å². The minimum Gasteiger partial charge on any atom is -0.349 e. The Morgan fingerprint density at radius 3 is 2.50 bits per heavy atom. The molecule has 0 spiro atoms. The van der Waals surface area contributed by atoms with E-state index in [0.29, 0.717) is 36.8 Å². The van der Waals surface area contributed by atoms with E-state index < -0.39 is 11.7 Å². The van der Waals surface area contributed by atoms with Crippen molar-refractivity contribution in [2.75, 3.05) is 26.8 Å². The van der Waals surface area contributed by atoms with Crippen molar-refractivity contribution in [3.05, 3.63) is 45.7 Å². The van der Waals surface area contributed by atoms with E-state index >= 15 is 0 Å². The summed E-state index contributed by atoms with van der Waals surface area (Å²) in [6, 6.07) is 4.75. The second-order valence-electron chi connectivity index (χ2n) is 6.39. The summed E-state index contributed by atoms with van der Waals surface area (Å²) >= 11 is 1.31. The van der Waals surface area contributed by atoms with Gasteiger partial charge in [-0.1, -0.05) is 11.3 Å². The molecule has 1 aromatic heterocycles. The lowest BCUT2D eigenvalue weighted by atomic mass is 10.2. The van der Waals surface area contributed by atoms with Crippen LogP contribution in [0.25, 0.3) is 5.69 Å². The molecule has 1 aromatic carbocycles. The van der Waals surface area contributed by atoms with Gasteiger partial charge in [-0.2, -0.15) is 18.2 Å². The minimum atomic E-state index is -4.40. The standard InChI is InChI=1S/C18H20F3N3O3S/c1-12(25)22-17-24(14-5-3-13(4-6-14)18(19,20)21)10-15(28-17)9-23(2)11-16-26-7-8-27-16/h3-6,10,16H,7-9,11H2,1-2H3/b22-17-.